The summed E-state index contributed by atoms with van der Waals surface area (Å²) in [4.78, 5) is 14.5. The first-order valence-electron chi connectivity index (χ1n) is 6.97. The van der Waals surface area contributed by atoms with E-state index in [1.54, 1.807) is 11.0 Å². The van der Waals surface area contributed by atoms with Crippen molar-refractivity contribution in [1.82, 2.24) is 4.90 Å². The van der Waals surface area contributed by atoms with Crippen LogP contribution in [0.5, 0.6) is 0 Å². The molecule has 3 rings (SSSR count). The Bertz CT molecular complexity index is 686. The molecule has 0 aromatic heterocycles. The monoisotopic (exact) mass is 347 g/mol. The van der Waals surface area contributed by atoms with Crippen LogP contribution in [0.25, 0.3) is 0 Å². The second kappa shape index (κ2) is 5.98. The highest BCUT2D eigenvalue weighted by Crippen LogP contribution is 2.25. The Balaban J connectivity index is 1.90. The van der Waals surface area contributed by atoms with E-state index >= 15 is 0 Å². The van der Waals surface area contributed by atoms with Crippen LogP contribution < -0.4 is 0 Å². The first kappa shape index (κ1) is 14.3. The molecule has 0 atom stereocenters. The predicted molar refractivity (Wildman–Crippen MR) is 83.6 cm³/mol. The van der Waals surface area contributed by atoms with E-state index in [2.05, 4.69) is 15.9 Å². The molecule has 0 saturated heterocycles. The SMILES string of the molecule is O=C1c2ccccc2CCCN1Cc1cccc(F)c1Br. The Morgan fingerprint density at radius 2 is 1.95 bits per heavy atom. The van der Waals surface area contributed by atoms with Crippen molar-refractivity contribution in [1.29, 1.82) is 0 Å². The lowest BCUT2D eigenvalue weighted by molar-refractivity contribution is 0.0748. The topological polar surface area (TPSA) is 20.3 Å². The molecule has 108 valence electrons. The summed E-state index contributed by atoms with van der Waals surface area (Å²) in [6.07, 6.45) is 1.83. The van der Waals surface area contributed by atoms with E-state index in [0.717, 1.165) is 29.5 Å². The van der Waals surface area contributed by atoms with E-state index in [9.17, 15) is 9.18 Å². The predicted octanol–water partition coefficient (Wildman–Crippen LogP) is 4.18. The van der Waals surface area contributed by atoms with Gasteiger partial charge in [-0.05, 0) is 52.0 Å². The average molecular weight is 348 g/mol. The first-order chi connectivity index (χ1) is 10.2. The van der Waals surface area contributed by atoms with Gasteiger partial charge in [0.25, 0.3) is 5.91 Å². The number of halogens is 2. The Hall–Kier alpha value is -1.68. The number of fused-ring (bicyclic) bond motifs is 1. The lowest BCUT2D eigenvalue weighted by Gasteiger charge is -2.21. The van der Waals surface area contributed by atoms with Crippen molar-refractivity contribution in [2.75, 3.05) is 6.54 Å². The van der Waals surface area contributed by atoms with E-state index in [1.807, 2.05) is 30.3 Å². The maximum Gasteiger partial charge on any atom is 0.254 e. The number of amides is 1. The molecule has 1 amide bonds. The number of carbonyl (C=O) groups is 1. The van der Waals surface area contributed by atoms with Gasteiger partial charge in [0.1, 0.15) is 5.82 Å². The number of hydrogen-bond acceptors (Lipinski definition) is 1. The molecule has 0 N–H and O–H groups in total. The van der Waals surface area contributed by atoms with Crippen LogP contribution in [0.3, 0.4) is 0 Å². The van der Waals surface area contributed by atoms with Gasteiger partial charge in [0.05, 0.1) is 4.47 Å². The summed E-state index contributed by atoms with van der Waals surface area (Å²) < 4.78 is 14.0. The maximum atomic E-state index is 13.6. The number of carbonyl (C=O) groups excluding carboxylic acids is 1. The molecule has 1 heterocycles. The van der Waals surface area contributed by atoms with Crippen LogP contribution in [-0.2, 0) is 13.0 Å². The van der Waals surface area contributed by atoms with Crippen molar-refractivity contribution in [3.63, 3.8) is 0 Å². The summed E-state index contributed by atoms with van der Waals surface area (Å²) in [6.45, 7) is 1.11. The highest BCUT2D eigenvalue weighted by atomic mass is 79.9. The fraction of sp³-hybridized carbons (Fsp3) is 0.235. The molecular formula is C17H15BrFNO. The van der Waals surface area contributed by atoms with Gasteiger partial charge in [-0.2, -0.15) is 0 Å². The van der Waals surface area contributed by atoms with Gasteiger partial charge in [0.15, 0.2) is 0 Å². The van der Waals surface area contributed by atoms with E-state index in [0.29, 0.717) is 17.6 Å². The third kappa shape index (κ3) is 2.86. The van der Waals surface area contributed by atoms with Gasteiger partial charge in [-0.15, -0.1) is 0 Å². The van der Waals surface area contributed by atoms with E-state index < -0.39 is 0 Å². The minimum atomic E-state index is -0.296. The van der Waals surface area contributed by atoms with Gasteiger partial charge < -0.3 is 4.90 Å². The molecule has 0 aliphatic carbocycles. The molecule has 4 heteroatoms. The van der Waals surface area contributed by atoms with Crippen molar-refractivity contribution in [3.8, 4) is 0 Å². The third-order valence-corrected chi connectivity index (χ3v) is 4.69. The van der Waals surface area contributed by atoms with Crippen molar-refractivity contribution >= 4 is 21.8 Å². The van der Waals surface area contributed by atoms with Crippen molar-refractivity contribution < 1.29 is 9.18 Å². The lowest BCUT2D eigenvalue weighted by atomic mass is 10.0. The zero-order valence-electron chi connectivity index (χ0n) is 11.5. The highest BCUT2D eigenvalue weighted by molar-refractivity contribution is 9.10. The maximum absolute atomic E-state index is 13.6. The van der Waals surface area contributed by atoms with E-state index in [1.165, 1.54) is 6.07 Å². The number of nitrogens with zero attached hydrogens (tertiary/aromatic N) is 1. The van der Waals surface area contributed by atoms with Crippen LogP contribution in [0.15, 0.2) is 46.9 Å². The van der Waals surface area contributed by atoms with Crippen LogP contribution in [-0.4, -0.2) is 17.4 Å². The smallest absolute Gasteiger partial charge is 0.254 e. The molecule has 0 unspecified atom stereocenters. The van der Waals surface area contributed by atoms with Crippen LogP contribution >= 0.6 is 15.9 Å². The Morgan fingerprint density at radius 3 is 2.81 bits per heavy atom. The average Bonchev–Trinajstić information content (AvgIpc) is 2.65. The fourth-order valence-electron chi connectivity index (χ4n) is 2.71. The molecule has 0 spiro atoms. The molecular weight excluding hydrogens is 333 g/mol. The zero-order valence-corrected chi connectivity index (χ0v) is 13.1. The van der Waals surface area contributed by atoms with Crippen LogP contribution in [0.2, 0.25) is 0 Å². The minimum Gasteiger partial charge on any atom is -0.334 e. The van der Waals surface area contributed by atoms with Gasteiger partial charge in [0, 0.05) is 18.7 Å². The summed E-state index contributed by atoms with van der Waals surface area (Å²) in [7, 11) is 0. The number of hydrogen-bond donors (Lipinski definition) is 0. The molecule has 1 aliphatic rings. The molecule has 0 saturated carbocycles. The lowest BCUT2D eigenvalue weighted by Crippen LogP contribution is -2.30. The van der Waals surface area contributed by atoms with Crippen LogP contribution in [0.1, 0.15) is 27.9 Å². The van der Waals surface area contributed by atoms with Crippen LogP contribution in [0, 0.1) is 5.82 Å². The fourth-order valence-corrected chi connectivity index (χ4v) is 3.10. The molecule has 0 bridgehead atoms. The Kier molecular flexibility index (Phi) is 4.06. The second-order valence-corrected chi connectivity index (χ2v) is 5.99. The van der Waals surface area contributed by atoms with Gasteiger partial charge in [-0.25, -0.2) is 4.39 Å². The van der Waals surface area contributed by atoms with E-state index in [-0.39, 0.29) is 11.7 Å². The normalized spacial score (nSPS) is 14.8. The summed E-state index contributed by atoms with van der Waals surface area (Å²) in [5.41, 5.74) is 2.66. The molecule has 2 nitrogen and oxygen atoms in total. The summed E-state index contributed by atoms with van der Waals surface area (Å²) >= 11 is 3.27. The van der Waals surface area contributed by atoms with Gasteiger partial charge in [0.2, 0.25) is 0 Å². The summed E-state index contributed by atoms with van der Waals surface area (Å²) in [5, 5.41) is 0. The number of aryl methyl sites for hydroxylation is 1. The molecule has 0 radical (unpaired) electrons. The molecule has 21 heavy (non-hydrogen) atoms. The van der Waals surface area contributed by atoms with Crippen molar-refractivity contribution in [3.05, 3.63) is 69.4 Å². The quantitative estimate of drug-likeness (QED) is 0.798. The van der Waals surface area contributed by atoms with Gasteiger partial charge in [-0.1, -0.05) is 30.3 Å². The first-order valence-corrected chi connectivity index (χ1v) is 7.76. The second-order valence-electron chi connectivity index (χ2n) is 5.20. The molecule has 2 aromatic carbocycles. The largest absolute Gasteiger partial charge is 0.334 e. The molecule has 2 aromatic rings. The number of rotatable bonds is 2. The highest BCUT2D eigenvalue weighted by Gasteiger charge is 2.22. The van der Waals surface area contributed by atoms with Crippen molar-refractivity contribution in [2.24, 2.45) is 0 Å². The third-order valence-electron chi connectivity index (χ3n) is 3.80. The summed E-state index contributed by atoms with van der Waals surface area (Å²) in [5.74, 6) is -0.269. The minimum absolute atomic E-state index is 0.0271. The van der Waals surface area contributed by atoms with Crippen LogP contribution in [0.4, 0.5) is 4.39 Å². The van der Waals surface area contributed by atoms with E-state index in [4.69, 9.17) is 0 Å². The number of benzene rings is 2. The molecule has 0 fully saturated rings. The zero-order chi connectivity index (χ0) is 14.8. The molecule has 1 aliphatic heterocycles. The van der Waals surface area contributed by atoms with Gasteiger partial charge >= 0.3 is 0 Å². The van der Waals surface area contributed by atoms with Crippen molar-refractivity contribution in [2.45, 2.75) is 19.4 Å². The van der Waals surface area contributed by atoms with Gasteiger partial charge in [-0.3, -0.25) is 4.79 Å². The summed E-state index contributed by atoms with van der Waals surface area (Å²) in [6, 6.07) is 12.7. The Labute approximate surface area is 131 Å². The Morgan fingerprint density at radius 1 is 1.14 bits per heavy atom. The standard InChI is InChI=1S/C17H15BrFNO/c18-16-13(6-3-9-15(16)19)11-20-10-4-7-12-5-1-2-8-14(12)17(20)21/h1-3,5-6,8-9H,4,7,10-11H2.